The van der Waals surface area contributed by atoms with Crippen LogP contribution in [0.3, 0.4) is 0 Å². The molecule has 5 fully saturated rings. The zero-order chi connectivity index (χ0) is 21.3. The molecule has 1 aromatic heterocycles. The van der Waals surface area contributed by atoms with Gasteiger partial charge in [-0.2, -0.15) is 0 Å². The molecular formula is C27H34N2O2. The van der Waals surface area contributed by atoms with E-state index in [9.17, 15) is 9.59 Å². The van der Waals surface area contributed by atoms with E-state index in [1.807, 2.05) is 0 Å². The van der Waals surface area contributed by atoms with E-state index in [2.05, 4.69) is 41.2 Å². The molecule has 5 aliphatic rings. The number of nitrogens with one attached hydrogen (secondary N) is 1. The van der Waals surface area contributed by atoms with E-state index in [0.717, 1.165) is 25.7 Å². The van der Waals surface area contributed by atoms with Crippen LogP contribution in [0.4, 0.5) is 0 Å². The van der Waals surface area contributed by atoms with Gasteiger partial charge in [0, 0.05) is 42.0 Å². The van der Waals surface area contributed by atoms with Crippen LogP contribution in [0.2, 0.25) is 0 Å². The number of carbonyl (C=O) groups excluding carboxylic acids is 2. The van der Waals surface area contributed by atoms with Crippen molar-refractivity contribution in [2.45, 2.75) is 95.6 Å². The summed E-state index contributed by atoms with van der Waals surface area (Å²) in [6.45, 7) is 3.96. The van der Waals surface area contributed by atoms with Crippen molar-refractivity contribution in [2.75, 3.05) is 0 Å². The van der Waals surface area contributed by atoms with Crippen molar-refractivity contribution in [3.8, 4) is 0 Å². The molecule has 2 aromatic rings. The van der Waals surface area contributed by atoms with Crippen molar-refractivity contribution in [1.29, 1.82) is 0 Å². The van der Waals surface area contributed by atoms with E-state index in [0.29, 0.717) is 48.5 Å². The SMILES string of the molecule is CC(=O)CC12CC3CC(C1)N(C(=O)CC(C)c1c[nH]c4cccc(C5CC5)c14)C(C3)C2. The minimum absolute atomic E-state index is 0.181. The maximum Gasteiger partial charge on any atom is 0.223 e. The van der Waals surface area contributed by atoms with Crippen LogP contribution >= 0.6 is 0 Å². The topological polar surface area (TPSA) is 53.2 Å². The predicted octanol–water partition coefficient (Wildman–Crippen LogP) is 5.68. The van der Waals surface area contributed by atoms with Gasteiger partial charge in [0.2, 0.25) is 5.91 Å². The summed E-state index contributed by atoms with van der Waals surface area (Å²) in [5.74, 6) is 2.28. The fourth-order valence-electron chi connectivity index (χ4n) is 7.78. The summed E-state index contributed by atoms with van der Waals surface area (Å²) in [7, 11) is 0. The lowest BCUT2D eigenvalue weighted by Gasteiger charge is -2.61. The van der Waals surface area contributed by atoms with Gasteiger partial charge in [0.25, 0.3) is 0 Å². The Balaban J connectivity index is 1.22. The number of benzene rings is 1. The van der Waals surface area contributed by atoms with E-state index in [4.69, 9.17) is 0 Å². The van der Waals surface area contributed by atoms with E-state index < -0.39 is 0 Å². The maximum atomic E-state index is 13.6. The first-order chi connectivity index (χ1) is 14.9. The molecule has 3 heterocycles. The van der Waals surface area contributed by atoms with E-state index in [1.165, 1.54) is 41.3 Å². The van der Waals surface area contributed by atoms with Crippen molar-refractivity contribution in [3.05, 3.63) is 35.5 Å². The quantitative estimate of drug-likeness (QED) is 0.656. The zero-order valence-electron chi connectivity index (χ0n) is 18.8. The van der Waals surface area contributed by atoms with Crippen LogP contribution < -0.4 is 0 Å². The molecule has 3 saturated carbocycles. The molecule has 7 rings (SSSR count). The molecule has 1 aromatic carbocycles. The highest BCUT2D eigenvalue weighted by Crippen LogP contribution is 2.58. The van der Waals surface area contributed by atoms with Gasteiger partial charge in [-0.05, 0) is 92.2 Å². The third-order valence-electron chi connectivity index (χ3n) is 8.77. The molecule has 0 spiro atoms. The maximum absolute atomic E-state index is 13.6. The van der Waals surface area contributed by atoms with Crippen LogP contribution in [0.15, 0.2) is 24.4 Å². The number of ketones is 1. The zero-order valence-corrected chi connectivity index (χ0v) is 18.8. The van der Waals surface area contributed by atoms with Crippen LogP contribution in [-0.2, 0) is 9.59 Å². The second-order valence-electron chi connectivity index (χ2n) is 11.3. The number of fused-ring (bicyclic) bond motifs is 1. The Labute approximate surface area is 184 Å². The lowest BCUT2D eigenvalue weighted by atomic mass is 9.54. The summed E-state index contributed by atoms with van der Waals surface area (Å²) in [5.41, 5.74) is 4.17. The fraction of sp³-hybridized carbons (Fsp3) is 0.630. The highest BCUT2D eigenvalue weighted by molar-refractivity contribution is 5.89. The third-order valence-corrected chi connectivity index (χ3v) is 8.77. The fourth-order valence-corrected chi connectivity index (χ4v) is 7.78. The van der Waals surface area contributed by atoms with E-state index >= 15 is 0 Å². The van der Waals surface area contributed by atoms with Gasteiger partial charge < -0.3 is 14.7 Å². The molecule has 3 aliphatic carbocycles. The normalized spacial score (nSPS) is 32.6. The number of piperidine rings is 2. The van der Waals surface area contributed by atoms with Gasteiger partial charge in [-0.3, -0.25) is 4.79 Å². The summed E-state index contributed by atoms with van der Waals surface area (Å²) in [6.07, 6.45) is 11.6. The largest absolute Gasteiger partial charge is 0.361 e. The number of Topliss-reactive ketones (excluding diaryl/α,β-unsaturated/α-hetero) is 1. The van der Waals surface area contributed by atoms with Crippen molar-refractivity contribution in [1.82, 2.24) is 9.88 Å². The third kappa shape index (κ3) is 3.25. The van der Waals surface area contributed by atoms with Gasteiger partial charge in [0.1, 0.15) is 5.78 Å². The predicted molar refractivity (Wildman–Crippen MR) is 122 cm³/mol. The monoisotopic (exact) mass is 418 g/mol. The van der Waals surface area contributed by atoms with Crippen LogP contribution in [0.5, 0.6) is 0 Å². The first-order valence-electron chi connectivity index (χ1n) is 12.3. The Morgan fingerprint density at radius 1 is 1.16 bits per heavy atom. The number of aromatic amines is 1. The van der Waals surface area contributed by atoms with Gasteiger partial charge in [0.05, 0.1) is 0 Å². The lowest BCUT2D eigenvalue weighted by Crippen LogP contribution is -2.63. The highest BCUT2D eigenvalue weighted by atomic mass is 16.2. The summed E-state index contributed by atoms with van der Waals surface area (Å²) < 4.78 is 0. The van der Waals surface area contributed by atoms with E-state index in [-0.39, 0.29) is 11.3 Å². The van der Waals surface area contributed by atoms with Crippen LogP contribution in [0.1, 0.15) is 94.6 Å². The molecule has 0 radical (unpaired) electrons. The minimum Gasteiger partial charge on any atom is -0.361 e. The Morgan fingerprint density at radius 2 is 1.90 bits per heavy atom. The average molecular weight is 419 g/mol. The van der Waals surface area contributed by atoms with Gasteiger partial charge in [-0.1, -0.05) is 19.1 Å². The second-order valence-corrected chi connectivity index (χ2v) is 11.3. The molecule has 3 atom stereocenters. The van der Waals surface area contributed by atoms with Gasteiger partial charge in [0.15, 0.2) is 0 Å². The Kier molecular flexibility index (Phi) is 4.39. The Hall–Kier alpha value is -2.10. The molecule has 3 unspecified atom stereocenters. The Bertz CT molecular complexity index is 1030. The second kappa shape index (κ2) is 6.95. The van der Waals surface area contributed by atoms with Crippen molar-refractivity contribution >= 4 is 22.6 Å². The van der Waals surface area contributed by atoms with Crippen LogP contribution in [0, 0.1) is 11.3 Å². The summed E-state index contributed by atoms with van der Waals surface area (Å²) in [5, 5.41) is 1.37. The van der Waals surface area contributed by atoms with Crippen molar-refractivity contribution in [2.24, 2.45) is 11.3 Å². The molecule has 164 valence electrons. The first-order valence-corrected chi connectivity index (χ1v) is 12.3. The molecule has 2 aliphatic heterocycles. The number of carbonyl (C=O) groups is 2. The number of rotatable bonds is 6. The number of hydrogen-bond acceptors (Lipinski definition) is 2. The highest BCUT2D eigenvalue weighted by Gasteiger charge is 2.55. The van der Waals surface area contributed by atoms with Gasteiger partial charge in [-0.25, -0.2) is 0 Å². The number of H-pyrrole nitrogens is 1. The van der Waals surface area contributed by atoms with Gasteiger partial charge >= 0.3 is 0 Å². The van der Waals surface area contributed by atoms with Crippen LogP contribution in [0.25, 0.3) is 10.9 Å². The molecule has 2 saturated heterocycles. The molecule has 1 amide bonds. The molecule has 4 heteroatoms. The first kappa shape index (κ1) is 19.6. The number of aromatic nitrogens is 1. The van der Waals surface area contributed by atoms with E-state index in [1.54, 1.807) is 6.92 Å². The smallest absolute Gasteiger partial charge is 0.223 e. The number of amides is 1. The minimum atomic E-state index is 0.181. The summed E-state index contributed by atoms with van der Waals surface area (Å²) in [4.78, 5) is 31.2. The number of hydrogen-bond donors (Lipinski definition) is 1. The lowest BCUT2D eigenvalue weighted by molar-refractivity contribution is -0.160. The molecule has 31 heavy (non-hydrogen) atoms. The van der Waals surface area contributed by atoms with Crippen molar-refractivity contribution in [3.63, 3.8) is 0 Å². The summed E-state index contributed by atoms with van der Waals surface area (Å²) >= 11 is 0. The average Bonchev–Trinajstić information content (AvgIpc) is 3.43. The molecule has 4 bridgehead atoms. The molecule has 1 N–H and O–H groups in total. The van der Waals surface area contributed by atoms with Crippen molar-refractivity contribution < 1.29 is 9.59 Å². The summed E-state index contributed by atoms with van der Waals surface area (Å²) in [6, 6.07) is 7.31. The standard InChI is InChI=1S/C27H34N2O2/c1-16(23-15-28-24-5-3-4-22(26(23)24)19-6-7-19)8-25(31)29-20-9-18-10-21(29)14-27(12-18,13-20)11-17(2)30/h3-5,15-16,18-21,28H,6-14H2,1-2H3. The molecule has 4 nitrogen and oxygen atoms in total. The Morgan fingerprint density at radius 3 is 2.58 bits per heavy atom. The number of nitrogens with zero attached hydrogens (tertiary/aromatic N) is 1. The van der Waals surface area contributed by atoms with Gasteiger partial charge in [-0.15, -0.1) is 0 Å². The molecular weight excluding hydrogens is 384 g/mol. The van der Waals surface area contributed by atoms with Crippen LogP contribution in [-0.4, -0.2) is 33.7 Å².